The highest BCUT2D eigenvalue weighted by Gasteiger charge is 2.45. The molecular weight excluding hydrogens is 196 g/mol. The topological polar surface area (TPSA) is 9.23 Å². The van der Waals surface area contributed by atoms with Gasteiger partial charge in [0.1, 0.15) is 0 Å². The Morgan fingerprint density at radius 3 is 2.06 bits per heavy atom. The molecule has 1 saturated heterocycles. The third kappa shape index (κ3) is 2.61. The fourth-order valence-corrected chi connectivity index (χ4v) is 2.85. The first-order valence-electron chi connectivity index (χ1n) is 6.75. The van der Waals surface area contributed by atoms with Crippen molar-refractivity contribution in [1.82, 2.24) is 0 Å². The lowest BCUT2D eigenvalue weighted by Crippen LogP contribution is -2.46. The molecule has 1 aliphatic heterocycles. The van der Waals surface area contributed by atoms with E-state index in [2.05, 4.69) is 48.5 Å². The van der Waals surface area contributed by atoms with E-state index in [9.17, 15) is 0 Å². The molecule has 2 atom stereocenters. The van der Waals surface area contributed by atoms with Gasteiger partial charge in [-0.25, -0.2) is 0 Å². The van der Waals surface area contributed by atoms with Crippen LogP contribution in [0.4, 0.5) is 0 Å². The van der Waals surface area contributed by atoms with Crippen LogP contribution in [-0.4, -0.2) is 13.2 Å². The molecule has 0 aromatic heterocycles. The Morgan fingerprint density at radius 1 is 1.06 bits per heavy atom. The van der Waals surface area contributed by atoms with Crippen LogP contribution in [0, 0.1) is 28.6 Å². The van der Waals surface area contributed by atoms with Gasteiger partial charge in [-0.2, -0.15) is 0 Å². The van der Waals surface area contributed by atoms with E-state index in [-0.39, 0.29) is 0 Å². The largest absolute Gasteiger partial charge is 0.381 e. The van der Waals surface area contributed by atoms with Crippen molar-refractivity contribution in [3.63, 3.8) is 0 Å². The van der Waals surface area contributed by atoms with Gasteiger partial charge < -0.3 is 4.74 Å². The molecule has 1 heteroatoms. The molecule has 0 aromatic rings. The highest BCUT2D eigenvalue weighted by molar-refractivity contribution is 4.93. The lowest BCUT2D eigenvalue weighted by Gasteiger charge is -2.50. The summed E-state index contributed by atoms with van der Waals surface area (Å²) >= 11 is 0. The van der Waals surface area contributed by atoms with E-state index in [0.717, 1.165) is 25.0 Å². The van der Waals surface area contributed by atoms with E-state index >= 15 is 0 Å². The predicted octanol–water partition coefficient (Wildman–Crippen LogP) is 4.37. The van der Waals surface area contributed by atoms with E-state index in [4.69, 9.17) is 4.74 Å². The summed E-state index contributed by atoms with van der Waals surface area (Å²) in [5.74, 6) is 2.29. The monoisotopic (exact) mass is 226 g/mol. The van der Waals surface area contributed by atoms with E-state index in [1.54, 1.807) is 0 Å². The summed E-state index contributed by atoms with van der Waals surface area (Å²) < 4.78 is 5.74. The van der Waals surface area contributed by atoms with E-state index in [0.29, 0.717) is 16.7 Å². The van der Waals surface area contributed by atoms with Crippen molar-refractivity contribution in [3.8, 4) is 0 Å². The van der Waals surface area contributed by atoms with Gasteiger partial charge in [0, 0.05) is 6.61 Å². The lowest BCUT2D eigenvalue weighted by atomic mass is 9.57. The van der Waals surface area contributed by atoms with Gasteiger partial charge in [0.25, 0.3) is 0 Å². The normalized spacial score (nSPS) is 28.5. The van der Waals surface area contributed by atoms with Crippen LogP contribution in [0.2, 0.25) is 0 Å². The van der Waals surface area contributed by atoms with Gasteiger partial charge in [0.15, 0.2) is 0 Å². The zero-order valence-corrected chi connectivity index (χ0v) is 12.3. The number of hydrogen-bond donors (Lipinski definition) is 0. The molecular formula is C15H30O. The summed E-state index contributed by atoms with van der Waals surface area (Å²) in [5.41, 5.74) is 0.674. The second-order valence-corrected chi connectivity index (χ2v) is 7.35. The molecule has 16 heavy (non-hydrogen) atoms. The molecule has 96 valence electrons. The smallest absolute Gasteiger partial charge is 0.0502 e. The molecule has 0 aromatic carbocycles. The van der Waals surface area contributed by atoms with Crippen molar-refractivity contribution in [1.29, 1.82) is 0 Å². The molecule has 0 aliphatic carbocycles. The zero-order chi connectivity index (χ0) is 12.6. The number of ether oxygens (including phenoxy) is 1. The SMILES string of the molecule is CC(C)C1CCOCC1C(C)(C)C(C)(C)C. The molecule has 1 heterocycles. The highest BCUT2D eigenvalue weighted by Crippen LogP contribution is 2.50. The van der Waals surface area contributed by atoms with Gasteiger partial charge in [-0.05, 0) is 35.0 Å². The minimum Gasteiger partial charge on any atom is -0.381 e. The quantitative estimate of drug-likeness (QED) is 0.679. The average molecular weight is 226 g/mol. The Kier molecular flexibility index (Phi) is 4.10. The molecule has 0 radical (unpaired) electrons. The molecule has 1 aliphatic rings. The van der Waals surface area contributed by atoms with Crippen molar-refractivity contribution in [2.75, 3.05) is 13.2 Å². The highest BCUT2D eigenvalue weighted by atomic mass is 16.5. The van der Waals surface area contributed by atoms with Crippen LogP contribution in [0.3, 0.4) is 0 Å². The van der Waals surface area contributed by atoms with Gasteiger partial charge >= 0.3 is 0 Å². The second kappa shape index (κ2) is 4.68. The standard InChI is InChI=1S/C15H30O/c1-11(2)12-8-9-16-10-13(12)15(6,7)14(3,4)5/h11-13H,8-10H2,1-7H3. The van der Waals surface area contributed by atoms with E-state index in [1.165, 1.54) is 6.42 Å². The van der Waals surface area contributed by atoms with Crippen LogP contribution in [0.1, 0.15) is 54.9 Å². The summed E-state index contributed by atoms with van der Waals surface area (Å²) in [4.78, 5) is 0. The third-order valence-corrected chi connectivity index (χ3v) is 5.13. The predicted molar refractivity (Wildman–Crippen MR) is 70.5 cm³/mol. The second-order valence-electron chi connectivity index (χ2n) is 7.35. The molecule has 1 fully saturated rings. The maximum atomic E-state index is 5.74. The first-order chi connectivity index (χ1) is 7.18. The Balaban J connectivity index is 2.90. The molecule has 2 unspecified atom stereocenters. The first kappa shape index (κ1) is 14.0. The fraction of sp³-hybridized carbons (Fsp3) is 1.00. The average Bonchev–Trinajstić information content (AvgIpc) is 2.16. The Morgan fingerprint density at radius 2 is 1.62 bits per heavy atom. The van der Waals surface area contributed by atoms with Crippen LogP contribution in [-0.2, 0) is 4.74 Å². The van der Waals surface area contributed by atoms with Crippen LogP contribution >= 0.6 is 0 Å². The molecule has 0 spiro atoms. The molecule has 0 amide bonds. The van der Waals surface area contributed by atoms with Gasteiger partial charge in [0.05, 0.1) is 6.61 Å². The van der Waals surface area contributed by atoms with Gasteiger partial charge in [-0.3, -0.25) is 0 Å². The molecule has 1 rings (SSSR count). The van der Waals surface area contributed by atoms with Gasteiger partial charge in [-0.15, -0.1) is 0 Å². The summed E-state index contributed by atoms with van der Waals surface area (Å²) in [7, 11) is 0. The summed E-state index contributed by atoms with van der Waals surface area (Å²) in [5, 5.41) is 0. The maximum Gasteiger partial charge on any atom is 0.0502 e. The van der Waals surface area contributed by atoms with Crippen molar-refractivity contribution in [3.05, 3.63) is 0 Å². The van der Waals surface area contributed by atoms with Gasteiger partial charge in [-0.1, -0.05) is 48.5 Å². The zero-order valence-electron chi connectivity index (χ0n) is 12.3. The minimum atomic E-state index is 0.336. The Labute approximate surface area is 102 Å². The van der Waals surface area contributed by atoms with Crippen LogP contribution in [0.5, 0.6) is 0 Å². The maximum absolute atomic E-state index is 5.74. The molecule has 1 nitrogen and oxygen atoms in total. The van der Waals surface area contributed by atoms with Crippen LogP contribution < -0.4 is 0 Å². The Hall–Kier alpha value is -0.0400. The lowest BCUT2D eigenvalue weighted by molar-refractivity contribution is -0.0876. The number of rotatable bonds is 2. The van der Waals surface area contributed by atoms with Crippen LogP contribution in [0.15, 0.2) is 0 Å². The van der Waals surface area contributed by atoms with Crippen molar-refractivity contribution in [2.45, 2.75) is 54.9 Å². The van der Waals surface area contributed by atoms with Crippen molar-refractivity contribution < 1.29 is 4.74 Å². The summed E-state index contributed by atoms with van der Waals surface area (Å²) in [6, 6.07) is 0. The van der Waals surface area contributed by atoms with Crippen LogP contribution in [0.25, 0.3) is 0 Å². The Bertz CT molecular complexity index is 222. The van der Waals surface area contributed by atoms with Crippen molar-refractivity contribution >= 4 is 0 Å². The molecule has 0 saturated carbocycles. The fourth-order valence-electron chi connectivity index (χ4n) is 2.85. The first-order valence-corrected chi connectivity index (χ1v) is 6.75. The third-order valence-electron chi connectivity index (χ3n) is 5.13. The summed E-state index contributed by atoms with van der Waals surface area (Å²) in [6.45, 7) is 18.6. The molecule has 0 bridgehead atoms. The van der Waals surface area contributed by atoms with Crippen molar-refractivity contribution in [2.24, 2.45) is 28.6 Å². The summed E-state index contributed by atoms with van der Waals surface area (Å²) in [6.07, 6.45) is 1.24. The van der Waals surface area contributed by atoms with Gasteiger partial charge in [0.2, 0.25) is 0 Å². The molecule has 0 N–H and O–H groups in total. The minimum absolute atomic E-state index is 0.336. The van der Waals surface area contributed by atoms with E-state index in [1.807, 2.05) is 0 Å². The van der Waals surface area contributed by atoms with E-state index < -0.39 is 0 Å². The number of hydrogen-bond acceptors (Lipinski definition) is 1.